The number of alkyl carbamates (subject to hydrolysis) is 2. The Morgan fingerprint density at radius 2 is 1.65 bits per heavy atom. The summed E-state index contributed by atoms with van der Waals surface area (Å²) in [6, 6.07) is 16.1. The van der Waals surface area contributed by atoms with E-state index in [1.165, 1.54) is 30.9 Å². The number of aromatic nitrogens is 2. The molecular weight excluding hydrogens is 799 g/mol. The third-order valence-corrected chi connectivity index (χ3v) is 14.8. The highest BCUT2D eigenvalue weighted by Crippen LogP contribution is 2.48. The number of H-pyrrole nitrogens is 1. The number of methoxy groups -OCH3 is 2. The van der Waals surface area contributed by atoms with Crippen LogP contribution in [-0.4, -0.2) is 108 Å². The number of carbonyl (C=O) groups is 4. The van der Waals surface area contributed by atoms with Gasteiger partial charge in [-0.3, -0.25) is 14.6 Å². The van der Waals surface area contributed by atoms with Crippen molar-refractivity contribution in [1.29, 1.82) is 0 Å². The van der Waals surface area contributed by atoms with E-state index in [2.05, 4.69) is 69.0 Å². The minimum atomic E-state index is -0.686. The van der Waals surface area contributed by atoms with Gasteiger partial charge in [0.1, 0.15) is 17.9 Å². The van der Waals surface area contributed by atoms with Gasteiger partial charge in [-0.05, 0) is 121 Å². The minimum Gasteiger partial charge on any atom is -0.453 e. The summed E-state index contributed by atoms with van der Waals surface area (Å²) in [7, 11) is 2.65. The van der Waals surface area contributed by atoms with E-state index in [1.54, 1.807) is 0 Å². The molecule has 330 valence electrons. The highest BCUT2D eigenvalue weighted by molar-refractivity contribution is 6.07. The smallest absolute Gasteiger partial charge is 0.407 e. The molecule has 3 N–H and O–H groups in total. The number of carbonyl (C=O) groups excluding carboxylic acids is 4. The van der Waals surface area contributed by atoms with Gasteiger partial charge in [-0.1, -0.05) is 50.2 Å². The minimum absolute atomic E-state index is 0.0285. The number of rotatable bonds is 9. The number of imidazole rings is 1. The van der Waals surface area contributed by atoms with Crippen LogP contribution in [0.5, 0.6) is 0 Å². The van der Waals surface area contributed by atoms with Gasteiger partial charge in [0, 0.05) is 49.0 Å². The van der Waals surface area contributed by atoms with Crippen molar-refractivity contribution < 1.29 is 33.4 Å². The maximum Gasteiger partial charge on any atom is 0.407 e. The molecule has 63 heavy (non-hydrogen) atoms. The van der Waals surface area contributed by atoms with Crippen molar-refractivity contribution in [2.45, 2.75) is 108 Å². The van der Waals surface area contributed by atoms with Crippen molar-refractivity contribution in [3.8, 4) is 11.1 Å². The number of ether oxygens (including phenoxy) is 3. The average Bonchev–Trinajstić information content (AvgIpc) is 4.17. The lowest BCUT2D eigenvalue weighted by atomic mass is 9.84. The van der Waals surface area contributed by atoms with Crippen LogP contribution in [0.1, 0.15) is 94.6 Å². The molecule has 14 nitrogen and oxygen atoms in total. The Kier molecular flexibility index (Phi) is 11.0. The molecule has 1 saturated carbocycles. The quantitative estimate of drug-likeness (QED) is 0.156. The molecule has 4 aliphatic heterocycles. The summed E-state index contributed by atoms with van der Waals surface area (Å²) in [4.78, 5) is 70.9. The fraction of sp³-hybridized carbons (Fsp3) is 0.510. The van der Waals surface area contributed by atoms with Gasteiger partial charge in [0.15, 0.2) is 0 Å². The second-order valence-electron chi connectivity index (χ2n) is 18.6. The summed E-state index contributed by atoms with van der Waals surface area (Å²) >= 11 is 0. The Hall–Kier alpha value is -5.76. The zero-order valence-electron chi connectivity index (χ0n) is 36.6. The predicted octanol–water partition coefficient (Wildman–Crippen LogP) is 7.46. The normalized spacial score (nSPS) is 24.1. The Morgan fingerprint density at radius 1 is 0.873 bits per heavy atom. The maximum atomic E-state index is 14.2. The standard InChI is InChI=1S/C49H57N7O7/c1-26(2)41(53-48(59)61-3)47(58)56-33-12-7-32(24-33)44(56)39-25-36-34-13-8-28(22-30(34)10-15-37(36)50-39)29-9-14-35-31(23-29)11-16-38-43(35)52-45(51-38)40-6-5-19-55(40)46(57)42(54-49(60)62-4)27-17-20-63-21-18-27/h8-9,11,13-14,16,22-23,26-27,32-33,40-42,44H,5-7,10,12,15,17-21,24-25H2,1-4H3,(H,51,52)(H,53,59)(H,54,60)/t32-,33+,40-,41-,42-,44-/m0/s1. The van der Waals surface area contributed by atoms with Crippen LogP contribution in [0.25, 0.3) is 38.5 Å². The van der Waals surface area contributed by atoms with Gasteiger partial charge in [-0.2, -0.15) is 0 Å². The van der Waals surface area contributed by atoms with Gasteiger partial charge in [0.2, 0.25) is 11.8 Å². The number of piperidine rings is 1. The van der Waals surface area contributed by atoms with Gasteiger partial charge in [0.05, 0.1) is 37.3 Å². The van der Waals surface area contributed by atoms with Crippen molar-refractivity contribution >= 4 is 57.1 Å². The third kappa shape index (κ3) is 7.43. The topological polar surface area (TPSA) is 168 Å². The van der Waals surface area contributed by atoms with Gasteiger partial charge < -0.3 is 39.6 Å². The second-order valence-corrected chi connectivity index (χ2v) is 18.6. The number of aliphatic imine (C=N–C) groups is 1. The number of aryl methyl sites for hydroxylation is 1. The summed E-state index contributed by atoms with van der Waals surface area (Å²) in [6.07, 6.45) is 7.39. The summed E-state index contributed by atoms with van der Waals surface area (Å²) < 4.78 is 15.3. The third-order valence-electron chi connectivity index (χ3n) is 14.8. The van der Waals surface area contributed by atoms with Crippen LogP contribution >= 0.6 is 0 Å². The monoisotopic (exact) mass is 855 g/mol. The fourth-order valence-corrected chi connectivity index (χ4v) is 11.6. The highest BCUT2D eigenvalue weighted by atomic mass is 16.5. The van der Waals surface area contributed by atoms with E-state index in [1.807, 2.05) is 18.7 Å². The second kappa shape index (κ2) is 16.7. The largest absolute Gasteiger partial charge is 0.453 e. The number of hydrogen-bond donors (Lipinski definition) is 3. The van der Waals surface area contributed by atoms with Crippen LogP contribution in [0.15, 0.2) is 59.2 Å². The molecule has 5 heterocycles. The van der Waals surface area contributed by atoms with Crippen LogP contribution in [0.3, 0.4) is 0 Å². The first-order valence-corrected chi connectivity index (χ1v) is 22.8. The molecule has 1 aromatic heterocycles. The van der Waals surface area contributed by atoms with Crippen molar-refractivity contribution in [1.82, 2.24) is 30.4 Å². The van der Waals surface area contributed by atoms with Crippen LogP contribution in [0.2, 0.25) is 0 Å². The van der Waals surface area contributed by atoms with Gasteiger partial charge in [-0.15, -0.1) is 0 Å². The summed E-state index contributed by atoms with van der Waals surface area (Å²) in [5.74, 6) is 0.893. The van der Waals surface area contributed by atoms with Crippen molar-refractivity contribution in [2.24, 2.45) is 22.7 Å². The van der Waals surface area contributed by atoms with Crippen molar-refractivity contribution in [2.75, 3.05) is 34.0 Å². The first-order valence-electron chi connectivity index (χ1n) is 22.8. The van der Waals surface area contributed by atoms with Gasteiger partial charge in [-0.25, -0.2) is 14.6 Å². The molecule has 4 fully saturated rings. The fourth-order valence-electron chi connectivity index (χ4n) is 11.6. The summed E-state index contributed by atoms with van der Waals surface area (Å²) in [6.45, 7) is 5.64. The van der Waals surface area contributed by atoms with Crippen molar-refractivity contribution in [3.63, 3.8) is 0 Å². The summed E-state index contributed by atoms with van der Waals surface area (Å²) in [5.41, 5.74) is 10.1. The SMILES string of the molecule is COC(=O)N[C@H](C(=O)N1[C@@H]2CC[C@@H](C2)[C@H]1C1=NC2=C(C1)c1ccc(-c3ccc4c(ccc5[nH]c([C@@H]6CCCN6C(=O)[C@@H](NC(=O)OC)C6CCOCC6)nc54)c3)cc1CC2)C(C)C. The Bertz CT molecular complexity index is 2560. The zero-order chi connectivity index (χ0) is 43.5. The molecule has 0 unspecified atom stereocenters. The molecular formula is C49H57N7O7. The van der Waals surface area contributed by atoms with Crippen LogP contribution < -0.4 is 10.6 Å². The van der Waals surface area contributed by atoms with E-state index < -0.39 is 24.3 Å². The molecule has 3 aromatic carbocycles. The van der Waals surface area contributed by atoms with E-state index >= 15 is 0 Å². The number of aromatic amines is 1. The lowest BCUT2D eigenvalue weighted by Gasteiger charge is -2.38. The number of nitrogens with one attached hydrogen (secondary N) is 3. The predicted molar refractivity (Wildman–Crippen MR) is 239 cm³/mol. The molecule has 10 rings (SSSR count). The number of allylic oxidation sites excluding steroid dienone is 2. The molecule has 0 spiro atoms. The first kappa shape index (κ1) is 41.3. The molecule has 6 atom stereocenters. The molecule has 14 heteroatoms. The Labute approximate surface area is 367 Å². The molecule has 6 aliphatic rings. The van der Waals surface area contributed by atoms with E-state index in [-0.39, 0.29) is 41.8 Å². The maximum absolute atomic E-state index is 14.2. The molecule has 4 amide bonds. The zero-order valence-corrected chi connectivity index (χ0v) is 36.6. The number of likely N-dealkylation sites (tertiary alicyclic amines) is 2. The Morgan fingerprint density at radius 3 is 2.44 bits per heavy atom. The average molecular weight is 856 g/mol. The number of fused-ring (bicyclic) bond motifs is 7. The number of hydrogen-bond acceptors (Lipinski definition) is 9. The van der Waals surface area contributed by atoms with Crippen LogP contribution in [0, 0.1) is 17.8 Å². The number of amides is 4. The molecule has 4 aromatic rings. The van der Waals surface area contributed by atoms with Crippen molar-refractivity contribution in [3.05, 3.63) is 71.2 Å². The number of nitrogens with zero attached hydrogens (tertiary/aromatic N) is 4. The van der Waals surface area contributed by atoms with E-state index in [0.29, 0.717) is 38.5 Å². The summed E-state index contributed by atoms with van der Waals surface area (Å²) in [5, 5.41) is 7.78. The van der Waals surface area contributed by atoms with Crippen LogP contribution in [-0.2, 0) is 30.2 Å². The lowest BCUT2D eigenvalue weighted by Crippen LogP contribution is -2.57. The Balaban J connectivity index is 0.867. The first-order chi connectivity index (χ1) is 30.6. The highest BCUT2D eigenvalue weighted by Gasteiger charge is 2.52. The molecule has 2 aliphatic carbocycles. The van der Waals surface area contributed by atoms with E-state index in [4.69, 9.17) is 24.2 Å². The number of benzene rings is 3. The molecule has 2 bridgehead atoms. The van der Waals surface area contributed by atoms with Crippen LogP contribution in [0.4, 0.5) is 9.59 Å². The van der Waals surface area contributed by atoms with E-state index in [0.717, 1.165) is 102 Å². The van der Waals surface area contributed by atoms with Gasteiger partial charge in [0.25, 0.3) is 0 Å². The molecule has 3 saturated heterocycles. The lowest BCUT2D eigenvalue weighted by molar-refractivity contribution is -0.137. The molecule has 0 radical (unpaired) electrons. The van der Waals surface area contributed by atoms with E-state index in [9.17, 15) is 19.2 Å². The van der Waals surface area contributed by atoms with Gasteiger partial charge >= 0.3 is 12.2 Å².